The van der Waals surface area contributed by atoms with E-state index in [1.807, 2.05) is 35.7 Å². The van der Waals surface area contributed by atoms with Gasteiger partial charge in [0.15, 0.2) is 16.4 Å². The van der Waals surface area contributed by atoms with Crippen LogP contribution in [0.25, 0.3) is 0 Å². The first-order valence-electron chi connectivity index (χ1n) is 8.32. The zero-order chi connectivity index (χ0) is 18.7. The smallest absolute Gasteiger partial charge is 0.338 e. The fraction of sp³-hybridized carbons (Fsp3) is 0.529. The van der Waals surface area contributed by atoms with E-state index in [0.29, 0.717) is 16.6 Å². The lowest BCUT2D eigenvalue weighted by Gasteiger charge is -2.23. The van der Waals surface area contributed by atoms with Gasteiger partial charge < -0.3 is 9.64 Å². The maximum Gasteiger partial charge on any atom is 0.338 e. The SMILES string of the molecule is CN(C(=O)COC(=O)c1ccc(C2SCCS2)cc1)[C@@H]1CCS(=O)(=O)C1. The van der Waals surface area contributed by atoms with Crippen LogP contribution in [0.1, 0.15) is 26.9 Å². The molecule has 2 aliphatic rings. The first-order chi connectivity index (χ1) is 12.4. The van der Waals surface area contributed by atoms with Crippen molar-refractivity contribution in [2.75, 3.05) is 36.7 Å². The highest BCUT2D eigenvalue weighted by Crippen LogP contribution is 2.45. The molecular formula is C17H21NO5S3. The van der Waals surface area contributed by atoms with E-state index in [1.165, 1.54) is 10.5 Å². The van der Waals surface area contributed by atoms with Gasteiger partial charge in [0.1, 0.15) is 0 Å². The number of rotatable bonds is 5. The van der Waals surface area contributed by atoms with Crippen molar-refractivity contribution in [3.63, 3.8) is 0 Å². The summed E-state index contributed by atoms with van der Waals surface area (Å²) in [6.07, 6.45) is 0.428. The largest absolute Gasteiger partial charge is 0.452 e. The molecule has 0 radical (unpaired) electrons. The summed E-state index contributed by atoms with van der Waals surface area (Å²) in [5.74, 6) is 1.40. The zero-order valence-electron chi connectivity index (χ0n) is 14.4. The summed E-state index contributed by atoms with van der Waals surface area (Å²) in [6.45, 7) is -0.387. The van der Waals surface area contributed by atoms with Crippen molar-refractivity contribution in [2.24, 2.45) is 0 Å². The first-order valence-corrected chi connectivity index (χ1v) is 12.2. The molecule has 0 aromatic heterocycles. The average molecular weight is 416 g/mol. The van der Waals surface area contributed by atoms with Gasteiger partial charge in [-0.2, -0.15) is 0 Å². The van der Waals surface area contributed by atoms with Crippen LogP contribution in [-0.2, 0) is 19.4 Å². The average Bonchev–Trinajstić information content (AvgIpc) is 3.28. The number of esters is 1. The Morgan fingerprint density at radius 1 is 1.19 bits per heavy atom. The van der Waals surface area contributed by atoms with Crippen molar-refractivity contribution in [2.45, 2.75) is 17.0 Å². The quantitative estimate of drug-likeness (QED) is 0.680. The molecular weight excluding hydrogens is 394 g/mol. The summed E-state index contributed by atoms with van der Waals surface area (Å²) in [5, 5.41) is 0. The third-order valence-corrected chi connectivity index (χ3v) is 9.37. The number of sulfone groups is 1. The topological polar surface area (TPSA) is 80.8 Å². The molecule has 9 heteroatoms. The number of hydrogen-bond donors (Lipinski definition) is 0. The number of thioether (sulfide) groups is 2. The van der Waals surface area contributed by atoms with E-state index in [-0.39, 0.29) is 24.2 Å². The van der Waals surface area contributed by atoms with Crippen molar-refractivity contribution < 1.29 is 22.7 Å². The summed E-state index contributed by atoms with van der Waals surface area (Å²) >= 11 is 3.79. The minimum Gasteiger partial charge on any atom is -0.452 e. The molecule has 1 aromatic carbocycles. The Labute approximate surface area is 162 Å². The molecule has 0 spiro atoms. The van der Waals surface area contributed by atoms with Crippen LogP contribution in [0.5, 0.6) is 0 Å². The van der Waals surface area contributed by atoms with Gasteiger partial charge in [-0.1, -0.05) is 12.1 Å². The number of amides is 1. The Balaban J connectivity index is 1.51. The number of nitrogens with zero attached hydrogens (tertiary/aromatic N) is 1. The number of ether oxygens (including phenoxy) is 1. The molecule has 1 aromatic rings. The molecule has 0 bridgehead atoms. The second kappa shape index (κ2) is 8.22. The summed E-state index contributed by atoms with van der Waals surface area (Å²) in [5.41, 5.74) is 1.58. The number of carbonyl (C=O) groups is 2. The van der Waals surface area contributed by atoms with Crippen molar-refractivity contribution in [1.29, 1.82) is 0 Å². The highest BCUT2D eigenvalue weighted by molar-refractivity contribution is 8.19. The van der Waals surface area contributed by atoms with Gasteiger partial charge in [0.2, 0.25) is 0 Å². The van der Waals surface area contributed by atoms with E-state index in [1.54, 1.807) is 19.2 Å². The van der Waals surface area contributed by atoms with Gasteiger partial charge in [0.25, 0.3) is 5.91 Å². The Kier molecular flexibility index (Phi) is 6.19. The second-order valence-corrected chi connectivity index (χ2v) is 11.3. The molecule has 26 heavy (non-hydrogen) atoms. The number of hydrogen-bond acceptors (Lipinski definition) is 7. The molecule has 2 saturated heterocycles. The third kappa shape index (κ3) is 4.75. The van der Waals surface area contributed by atoms with Crippen LogP contribution in [0.4, 0.5) is 0 Å². The highest BCUT2D eigenvalue weighted by Gasteiger charge is 2.33. The summed E-state index contributed by atoms with van der Waals surface area (Å²) in [7, 11) is -1.52. The molecule has 0 N–H and O–H groups in total. The minimum absolute atomic E-state index is 0.0260. The number of likely N-dealkylation sites (N-methyl/N-ethyl adjacent to an activating group) is 1. The maximum absolute atomic E-state index is 12.2. The fourth-order valence-corrected chi connectivity index (χ4v) is 7.56. The summed E-state index contributed by atoms with van der Waals surface area (Å²) in [6, 6.07) is 6.93. The molecule has 1 amide bonds. The lowest BCUT2D eigenvalue weighted by molar-refractivity contribution is -0.134. The standard InChI is InChI=1S/C17H21NO5S3/c1-18(14-6-9-26(21,22)11-14)15(19)10-23-16(20)12-2-4-13(5-3-12)17-24-7-8-25-17/h2-5,14,17H,6-11H2,1H3/t14-/m1/s1. The predicted molar refractivity (Wildman–Crippen MR) is 104 cm³/mol. The normalized spacial score (nSPS) is 22.3. The molecule has 0 unspecified atom stereocenters. The zero-order valence-corrected chi connectivity index (χ0v) is 16.9. The van der Waals surface area contributed by atoms with Crippen LogP contribution in [0.2, 0.25) is 0 Å². The molecule has 2 heterocycles. The number of carbonyl (C=O) groups excluding carboxylic acids is 2. The molecule has 1 atom stereocenters. The van der Waals surface area contributed by atoms with E-state index in [4.69, 9.17) is 4.74 Å². The molecule has 2 aliphatic heterocycles. The molecule has 142 valence electrons. The Bertz CT molecular complexity index is 772. The maximum atomic E-state index is 12.2. The predicted octanol–water partition coefficient (Wildman–Crippen LogP) is 1.97. The molecule has 2 fully saturated rings. The van der Waals surface area contributed by atoms with Gasteiger partial charge in [-0.25, -0.2) is 13.2 Å². The van der Waals surface area contributed by atoms with Crippen LogP contribution in [0.3, 0.4) is 0 Å². The Morgan fingerprint density at radius 2 is 1.85 bits per heavy atom. The first kappa shape index (κ1) is 19.6. The molecule has 3 rings (SSSR count). The number of benzene rings is 1. The summed E-state index contributed by atoms with van der Waals surface area (Å²) in [4.78, 5) is 25.7. The fourth-order valence-electron chi connectivity index (χ4n) is 2.92. The van der Waals surface area contributed by atoms with Gasteiger partial charge >= 0.3 is 5.97 Å². The van der Waals surface area contributed by atoms with Crippen LogP contribution < -0.4 is 0 Å². The van der Waals surface area contributed by atoms with E-state index in [0.717, 1.165) is 11.5 Å². The van der Waals surface area contributed by atoms with Gasteiger partial charge in [-0.15, -0.1) is 23.5 Å². The minimum atomic E-state index is -3.06. The van der Waals surface area contributed by atoms with E-state index >= 15 is 0 Å². The van der Waals surface area contributed by atoms with Crippen LogP contribution in [0.15, 0.2) is 24.3 Å². The van der Waals surface area contributed by atoms with Gasteiger partial charge in [0, 0.05) is 24.6 Å². The van der Waals surface area contributed by atoms with E-state index < -0.39 is 21.7 Å². The van der Waals surface area contributed by atoms with Crippen LogP contribution in [-0.4, -0.2) is 67.9 Å². The van der Waals surface area contributed by atoms with Crippen LogP contribution >= 0.6 is 23.5 Å². The molecule has 0 saturated carbocycles. The lowest BCUT2D eigenvalue weighted by atomic mass is 10.1. The highest BCUT2D eigenvalue weighted by atomic mass is 32.2. The van der Waals surface area contributed by atoms with Crippen molar-refractivity contribution >= 4 is 45.2 Å². The molecule has 6 nitrogen and oxygen atoms in total. The van der Waals surface area contributed by atoms with Gasteiger partial charge in [-0.05, 0) is 24.1 Å². The van der Waals surface area contributed by atoms with E-state index in [2.05, 4.69) is 0 Å². The van der Waals surface area contributed by atoms with Crippen LogP contribution in [0, 0.1) is 0 Å². The Morgan fingerprint density at radius 3 is 2.42 bits per heavy atom. The molecule has 0 aliphatic carbocycles. The second-order valence-electron chi connectivity index (χ2n) is 6.33. The van der Waals surface area contributed by atoms with Crippen molar-refractivity contribution in [1.82, 2.24) is 4.90 Å². The summed E-state index contributed by atoms with van der Waals surface area (Å²) < 4.78 is 28.5. The van der Waals surface area contributed by atoms with Gasteiger partial charge in [0.05, 0.1) is 21.7 Å². The van der Waals surface area contributed by atoms with Crippen molar-refractivity contribution in [3.8, 4) is 0 Å². The monoisotopic (exact) mass is 415 g/mol. The third-order valence-electron chi connectivity index (χ3n) is 4.52. The lowest BCUT2D eigenvalue weighted by Crippen LogP contribution is -2.40. The van der Waals surface area contributed by atoms with E-state index in [9.17, 15) is 18.0 Å². The van der Waals surface area contributed by atoms with Crippen molar-refractivity contribution in [3.05, 3.63) is 35.4 Å². The van der Waals surface area contributed by atoms with Gasteiger partial charge in [-0.3, -0.25) is 4.79 Å². The Hall–Kier alpha value is -1.19.